The Hall–Kier alpha value is -2.69. The fourth-order valence-corrected chi connectivity index (χ4v) is 4.37. The van der Waals surface area contributed by atoms with E-state index in [0.29, 0.717) is 31.9 Å². The lowest BCUT2D eigenvalue weighted by atomic mass is 10.1. The van der Waals surface area contributed by atoms with E-state index in [2.05, 4.69) is 0 Å². The maximum atomic E-state index is 13.0. The molecule has 11 heteroatoms. The number of sulfonamides is 1. The molecule has 1 fully saturated rings. The monoisotopic (exact) mass is 452 g/mol. The van der Waals surface area contributed by atoms with E-state index in [0.717, 1.165) is 4.31 Å². The first-order valence-electron chi connectivity index (χ1n) is 9.12. The van der Waals surface area contributed by atoms with Crippen molar-refractivity contribution in [2.45, 2.75) is 4.90 Å². The molecule has 0 unspecified atom stereocenters. The maximum absolute atomic E-state index is 13.0. The number of halogens is 1. The topological polar surface area (TPSA) is 104 Å². The number of nitro groups is 1. The molecule has 1 saturated heterocycles. The number of benzene rings is 2. The minimum Gasteiger partial charge on any atom is -0.362 e. The van der Waals surface area contributed by atoms with Crippen LogP contribution in [0.15, 0.2) is 47.4 Å². The average molecular weight is 453 g/mol. The molecule has 0 bridgehead atoms. The number of para-hydroxylation sites is 2. The van der Waals surface area contributed by atoms with Crippen molar-refractivity contribution in [3.8, 4) is 0 Å². The molecule has 2 aromatic carbocycles. The van der Waals surface area contributed by atoms with Crippen LogP contribution in [0.3, 0.4) is 0 Å². The zero-order valence-electron chi connectivity index (χ0n) is 16.5. The predicted molar refractivity (Wildman–Crippen MR) is 114 cm³/mol. The van der Waals surface area contributed by atoms with Gasteiger partial charge in [0.2, 0.25) is 10.0 Å². The number of amides is 1. The van der Waals surface area contributed by atoms with Gasteiger partial charge in [-0.2, -0.15) is 0 Å². The number of nitro benzene ring substituents is 1. The van der Waals surface area contributed by atoms with Gasteiger partial charge in [-0.1, -0.05) is 23.7 Å². The molecule has 0 N–H and O–H groups in total. The lowest BCUT2D eigenvalue weighted by Crippen LogP contribution is -2.49. The summed E-state index contributed by atoms with van der Waals surface area (Å²) in [6.45, 7) is 1.46. The van der Waals surface area contributed by atoms with E-state index in [-0.39, 0.29) is 27.1 Å². The molecule has 9 nitrogen and oxygen atoms in total. The zero-order chi connectivity index (χ0) is 22.1. The molecule has 0 aromatic heterocycles. The van der Waals surface area contributed by atoms with E-state index in [1.54, 1.807) is 23.1 Å². The van der Waals surface area contributed by atoms with Gasteiger partial charge in [-0.05, 0) is 24.3 Å². The lowest BCUT2D eigenvalue weighted by Gasteiger charge is -2.36. The van der Waals surface area contributed by atoms with Gasteiger partial charge in [0.25, 0.3) is 11.6 Å². The van der Waals surface area contributed by atoms with Gasteiger partial charge < -0.3 is 9.80 Å². The minimum absolute atomic E-state index is 0.0150. The van der Waals surface area contributed by atoms with Crippen LogP contribution in [0.2, 0.25) is 5.02 Å². The van der Waals surface area contributed by atoms with Crippen molar-refractivity contribution >= 4 is 38.9 Å². The van der Waals surface area contributed by atoms with Gasteiger partial charge in [-0.3, -0.25) is 14.9 Å². The Balaban J connectivity index is 1.79. The number of hydrogen-bond acceptors (Lipinski definition) is 6. The molecule has 1 amide bonds. The van der Waals surface area contributed by atoms with Gasteiger partial charge in [0, 0.05) is 46.3 Å². The summed E-state index contributed by atoms with van der Waals surface area (Å²) in [7, 11) is -0.886. The largest absolute Gasteiger partial charge is 0.362 e. The number of carbonyl (C=O) groups excluding carboxylic acids is 1. The van der Waals surface area contributed by atoms with Crippen LogP contribution in [-0.2, 0) is 10.0 Å². The molecular formula is C19H21ClN4O5S. The zero-order valence-corrected chi connectivity index (χ0v) is 18.1. The highest BCUT2D eigenvalue weighted by molar-refractivity contribution is 7.89. The van der Waals surface area contributed by atoms with Crippen LogP contribution < -0.4 is 4.90 Å². The second kappa shape index (κ2) is 8.58. The fourth-order valence-electron chi connectivity index (χ4n) is 3.25. The number of rotatable bonds is 5. The number of piperazine rings is 1. The maximum Gasteiger partial charge on any atom is 0.292 e. The fraction of sp³-hybridized carbons (Fsp3) is 0.316. The summed E-state index contributed by atoms with van der Waals surface area (Å²) in [5.74, 6) is -0.377. The standard InChI is InChI=1S/C19H21ClN4O5S/c1-21(2)30(28,29)14-7-8-16(20)15(13-14)19(25)23-11-9-22(10-12-23)17-5-3-4-6-18(17)24(26)27/h3-8,13H,9-12H2,1-2H3. The molecule has 160 valence electrons. The number of nitrogens with zero attached hydrogens (tertiary/aromatic N) is 4. The van der Waals surface area contributed by atoms with Crippen molar-refractivity contribution in [3.05, 3.63) is 63.2 Å². The highest BCUT2D eigenvalue weighted by Gasteiger charge is 2.28. The SMILES string of the molecule is CN(C)S(=O)(=O)c1ccc(Cl)c(C(=O)N2CCN(c3ccccc3[N+](=O)[O-])CC2)c1. The number of carbonyl (C=O) groups is 1. The first kappa shape index (κ1) is 22.0. The van der Waals surface area contributed by atoms with Gasteiger partial charge >= 0.3 is 0 Å². The summed E-state index contributed by atoms with van der Waals surface area (Å²) in [6.07, 6.45) is 0. The molecule has 0 saturated carbocycles. The van der Waals surface area contributed by atoms with E-state index >= 15 is 0 Å². The van der Waals surface area contributed by atoms with Crippen LogP contribution in [0.1, 0.15) is 10.4 Å². The summed E-state index contributed by atoms with van der Waals surface area (Å²) in [5, 5.41) is 11.4. The van der Waals surface area contributed by atoms with Crippen molar-refractivity contribution in [3.63, 3.8) is 0 Å². The van der Waals surface area contributed by atoms with Gasteiger partial charge in [-0.25, -0.2) is 12.7 Å². The number of hydrogen-bond donors (Lipinski definition) is 0. The predicted octanol–water partition coefficient (Wildman–Crippen LogP) is 2.46. The summed E-state index contributed by atoms with van der Waals surface area (Å²) in [6, 6.07) is 10.5. The van der Waals surface area contributed by atoms with Crippen molar-refractivity contribution < 1.29 is 18.1 Å². The van der Waals surface area contributed by atoms with E-state index in [1.165, 1.54) is 38.4 Å². The third kappa shape index (κ3) is 4.25. The number of anilines is 1. The second-order valence-electron chi connectivity index (χ2n) is 6.95. The molecule has 1 aliphatic rings. The first-order chi connectivity index (χ1) is 14.1. The molecule has 1 heterocycles. The summed E-state index contributed by atoms with van der Waals surface area (Å²) >= 11 is 6.18. The van der Waals surface area contributed by atoms with E-state index in [1.807, 2.05) is 4.90 Å². The van der Waals surface area contributed by atoms with Crippen molar-refractivity contribution in [2.75, 3.05) is 45.2 Å². The van der Waals surface area contributed by atoms with Crippen LogP contribution in [0.25, 0.3) is 0 Å². The van der Waals surface area contributed by atoms with Crippen LogP contribution in [0.4, 0.5) is 11.4 Å². The Bertz CT molecular complexity index is 1080. The second-order valence-corrected chi connectivity index (χ2v) is 9.51. The Morgan fingerprint density at radius 3 is 2.33 bits per heavy atom. The minimum atomic E-state index is -3.71. The van der Waals surface area contributed by atoms with Gasteiger partial charge in [0.05, 0.1) is 20.4 Å². The highest BCUT2D eigenvalue weighted by Crippen LogP contribution is 2.29. The molecule has 2 aromatic rings. The van der Waals surface area contributed by atoms with Crippen LogP contribution >= 0.6 is 11.6 Å². The molecule has 0 radical (unpaired) electrons. The summed E-state index contributed by atoms with van der Waals surface area (Å²) in [4.78, 5) is 27.2. The van der Waals surface area contributed by atoms with Gasteiger partial charge in [0.15, 0.2) is 0 Å². The molecule has 0 aliphatic carbocycles. The first-order valence-corrected chi connectivity index (χ1v) is 10.9. The Kier molecular flexibility index (Phi) is 6.30. The molecule has 0 atom stereocenters. The lowest BCUT2D eigenvalue weighted by molar-refractivity contribution is -0.384. The Morgan fingerprint density at radius 2 is 1.73 bits per heavy atom. The van der Waals surface area contributed by atoms with E-state index in [9.17, 15) is 23.3 Å². The Morgan fingerprint density at radius 1 is 1.10 bits per heavy atom. The average Bonchev–Trinajstić information content (AvgIpc) is 2.73. The third-order valence-electron chi connectivity index (χ3n) is 4.93. The molecule has 0 spiro atoms. The molecule has 30 heavy (non-hydrogen) atoms. The van der Waals surface area contributed by atoms with E-state index < -0.39 is 14.9 Å². The normalized spacial score (nSPS) is 14.8. The third-order valence-corrected chi connectivity index (χ3v) is 7.07. The van der Waals surface area contributed by atoms with Gasteiger partial charge in [0.1, 0.15) is 5.69 Å². The quantitative estimate of drug-likeness (QED) is 0.509. The van der Waals surface area contributed by atoms with Crippen LogP contribution in [-0.4, -0.2) is 68.7 Å². The molecular weight excluding hydrogens is 432 g/mol. The van der Waals surface area contributed by atoms with Crippen LogP contribution in [0.5, 0.6) is 0 Å². The van der Waals surface area contributed by atoms with E-state index in [4.69, 9.17) is 11.6 Å². The van der Waals surface area contributed by atoms with Gasteiger partial charge in [-0.15, -0.1) is 0 Å². The summed E-state index contributed by atoms with van der Waals surface area (Å²) in [5.41, 5.74) is 0.632. The summed E-state index contributed by atoms with van der Waals surface area (Å²) < 4.78 is 25.8. The van der Waals surface area contributed by atoms with Crippen LogP contribution in [0, 0.1) is 10.1 Å². The Labute approximate surface area is 179 Å². The van der Waals surface area contributed by atoms with Crippen molar-refractivity contribution in [2.24, 2.45) is 0 Å². The smallest absolute Gasteiger partial charge is 0.292 e. The highest BCUT2D eigenvalue weighted by atomic mass is 35.5. The van der Waals surface area contributed by atoms with Crippen molar-refractivity contribution in [1.82, 2.24) is 9.21 Å². The van der Waals surface area contributed by atoms with Crippen molar-refractivity contribution in [1.29, 1.82) is 0 Å². The molecule has 1 aliphatic heterocycles. The molecule has 3 rings (SSSR count).